The standard InChI is InChI=1S/C17H22N4O2/c1-4-19-17-16(11(2)3)14(9-15(22)21(17)23)20-10-12-6-5-7-13(18)8-12/h5-9,20,23H,4,10,18H2,1-3H3. The highest BCUT2D eigenvalue weighted by molar-refractivity contribution is 6.15. The third-order valence-electron chi connectivity index (χ3n) is 3.41. The number of amidine groups is 1. The first-order valence-electron chi connectivity index (χ1n) is 7.49. The van der Waals surface area contributed by atoms with Crippen molar-refractivity contribution < 1.29 is 10.0 Å². The molecule has 6 heteroatoms. The summed E-state index contributed by atoms with van der Waals surface area (Å²) in [6, 6.07) is 7.54. The van der Waals surface area contributed by atoms with Gasteiger partial charge in [0, 0.05) is 30.4 Å². The van der Waals surface area contributed by atoms with E-state index in [1.54, 1.807) is 0 Å². The molecule has 1 amide bonds. The number of amides is 1. The van der Waals surface area contributed by atoms with E-state index in [1.807, 2.05) is 45.0 Å². The van der Waals surface area contributed by atoms with Gasteiger partial charge in [0.05, 0.1) is 5.70 Å². The fourth-order valence-corrected chi connectivity index (χ4v) is 2.42. The van der Waals surface area contributed by atoms with E-state index in [0.29, 0.717) is 29.5 Å². The van der Waals surface area contributed by atoms with Crippen LogP contribution in [0, 0.1) is 0 Å². The van der Waals surface area contributed by atoms with Crippen molar-refractivity contribution in [1.82, 2.24) is 10.4 Å². The summed E-state index contributed by atoms with van der Waals surface area (Å²) in [5, 5.41) is 13.8. The van der Waals surface area contributed by atoms with Crippen molar-refractivity contribution in [2.45, 2.75) is 27.3 Å². The van der Waals surface area contributed by atoms with Gasteiger partial charge in [-0.3, -0.25) is 15.0 Å². The number of carbonyl (C=O) groups is 1. The molecule has 2 rings (SSSR count). The number of hydrogen-bond acceptors (Lipinski definition) is 5. The van der Waals surface area contributed by atoms with Crippen molar-refractivity contribution in [1.29, 1.82) is 0 Å². The third-order valence-corrected chi connectivity index (χ3v) is 3.41. The number of allylic oxidation sites excluding steroid dienone is 1. The van der Waals surface area contributed by atoms with Gasteiger partial charge in [-0.15, -0.1) is 0 Å². The van der Waals surface area contributed by atoms with Crippen LogP contribution >= 0.6 is 0 Å². The summed E-state index contributed by atoms with van der Waals surface area (Å²) >= 11 is 0. The van der Waals surface area contributed by atoms with Gasteiger partial charge in [0.15, 0.2) is 5.84 Å². The Labute approximate surface area is 136 Å². The number of hydrogen-bond donors (Lipinski definition) is 3. The highest BCUT2D eigenvalue weighted by atomic mass is 16.5. The van der Waals surface area contributed by atoms with Crippen molar-refractivity contribution in [3.63, 3.8) is 0 Å². The second kappa shape index (κ2) is 7.11. The van der Waals surface area contributed by atoms with E-state index >= 15 is 0 Å². The average molecular weight is 314 g/mol. The Kier molecular flexibility index (Phi) is 5.18. The largest absolute Gasteiger partial charge is 0.399 e. The number of aliphatic imine (C=N–C) groups is 1. The molecule has 0 spiro atoms. The summed E-state index contributed by atoms with van der Waals surface area (Å²) < 4.78 is 0. The lowest BCUT2D eigenvalue weighted by Crippen LogP contribution is -2.41. The molecule has 1 aromatic rings. The maximum absolute atomic E-state index is 12.0. The van der Waals surface area contributed by atoms with Crippen molar-refractivity contribution >= 4 is 17.4 Å². The number of rotatable bonds is 4. The summed E-state index contributed by atoms with van der Waals surface area (Å²) in [5.41, 5.74) is 9.81. The number of nitrogens with zero attached hydrogens (tertiary/aromatic N) is 2. The van der Waals surface area contributed by atoms with E-state index in [0.717, 1.165) is 16.7 Å². The van der Waals surface area contributed by atoms with Crippen LogP contribution < -0.4 is 11.1 Å². The molecule has 23 heavy (non-hydrogen) atoms. The van der Waals surface area contributed by atoms with Gasteiger partial charge >= 0.3 is 0 Å². The fraction of sp³-hybridized carbons (Fsp3) is 0.294. The smallest absolute Gasteiger partial charge is 0.278 e. The maximum Gasteiger partial charge on any atom is 0.278 e. The number of anilines is 1. The van der Waals surface area contributed by atoms with Crippen molar-refractivity contribution in [2.24, 2.45) is 4.99 Å². The quantitative estimate of drug-likeness (QED) is 0.587. The summed E-state index contributed by atoms with van der Waals surface area (Å²) in [6.45, 7) is 6.68. The van der Waals surface area contributed by atoms with Gasteiger partial charge in [0.2, 0.25) is 0 Å². The highest BCUT2D eigenvalue weighted by Gasteiger charge is 2.29. The normalized spacial score (nSPS) is 16.6. The zero-order valence-corrected chi connectivity index (χ0v) is 13.6. The number of benzene rings is 1. The summed E-state index contributed by atoms with van der Waals surface area (Å²) in [4.78, 5) is 16.2. The Morgan fingerprint density at radius 3 is 2.74 bits per heavy atom. The van der Waals surface area contributed by atoms with E-state index in [1.165, 1.54) is 6.08 Å². The minimum Gasteiger partial charge on any atom is -0.399 e. The Morgan fingerprint density at radius 1 is 1.39 bits per heavy atom. The van der Waals surface area contributed by atoms with Crippen LogP contribution in [0.15, 0.2) is 52.2 Å². The molecule has 0 radical (unpaired) electrons. The number of nitrogen functional groups attached to an aromatic ring is 1. The second-order valence-electron chi connectivity index (χ2n) is 5.48. The van der Waals surface area contributed by atoms with Crippen LogP contribution in [0.3, 0.4) is 0 Å². The summed E-state index contributed by atoms with van der Waals surface area (Å²) in [7, 11) is 0. The van der Waals surface area contributed by atoms with Crippen LogP contribution in [0.2, 0.25) is 0 Å². The zero-order valence-electron chi connectivity index (χ0n) is 13.6. The predicted octanol–water partition coefficient (Wildman–Crippen LogP) is 2.23. The Bertz CT molecular complexity index is 700. The lowest BCUT2D eigenvalue weighted by Gasteiger charge is -2.27. The molecular formula is C17H22N4O2. The van der Waals surface area contributed by atoms with E-state index in [-0.39, 0.29) is 5.84 Å². The molecule has 0 saturated carbocycles. The SMILES string of the molecule is CCN=C1C(=C(C)C)C(NCc2cccc(N)c2)=CC(=O)N1O. The predicted molar refractivity (Wildman–Crippen MR) is 90.8 cm³/mol. The van der Waals surface area contributed by atoms with Crippen molar-refractivity contribution in [3.8, 4) is 0 Å². The molecule has 4 N–H and O–H groups in total. The lowest BCUT2D eigenvalue weighted by molar-refractivity contribution is -0.143. The molecule has 1 aliphatic heterocycles. The first kappa shape index (κ1) is 16.8. The van der Waals surface area contributed by atoms with Crippen molar-refractivity contribution in [3.05, 3.63) is 52.7 Å². The molecule has 0 unspecified atom stereocenters. The van der Waals surface area contributed by atoms with Gasteiger partial charge in [0.1, 0.15) is 0 Å². The minimum atomic E-state index is -0.516. The van der Waals surface area contributed by atoms with Crippen LogP contribution in [-0.4, -0.2) is 28.6 Å². The molecule has 0 saturated heterocycles. The van der Waals surface area contributed by atoms with E-state index < -0.39 is 5.91 Å². The van der Waals surface area contributed by atoms with E-state index in [4.69, 9.17) is 5.73 Å². The Hall–Kier alpha value is -2.60. The zero-order chi connectivity index (χ0) is 17.0. The molecule has 6 nitrogen and oxygen atoms in total. The Balaban J connectivity index is 2.32. The highest BCUT2D eigenvalue weighted by Crippen LogP contribution is 2.22. The fourth-order valence-electron chi connectivity index (χ4n) is 2.42. The van der Waals surface area contributed by atoms with Gasteiger partial charge in [0.25, 0.3) is 5.91 Å². The second-order valence-corrected chi connectivity index (χ2v) is 5.48. The van der Waals surface area contributed by atoms with Gasteiger partial charge in [-0.2, -0.15) is 5.06 Å². The van der Waals surface area contributed by atoms with Gasteiger partial charge in [-0.05, 0) is 38.5 Å². The molecule has 0 aliphatic carbocycles. The first-order valence-corrected chi connectivity index (χ1v) is 7.49. The number of carbonyl (C=O) groups excluding carboxylic acids is 1. The molecule has 0 fully saturated rings. The molecule has 0 bridgehead atoms. The van der Waals surface area contributed by atoms with Gasteiger partial charge in [-0.1, -0.05) is 17.7 Å². The molecule has 1 aliphatic rings. The number of hydroxylamine groups is 2. The van der Waals surface area contributed by atoms with Gasteiger partial charge < -0.3 is 11.1 Å². The van der Waals surface area contributed by atoms with Crippen molar-refractivity contribution in [2.75, 3.05) is 12.3 Å². The average Bonchev–Trinajstić information content (AvgIpc) is 2.49. The molecule has 0 atom stereocenters. The topological polar surface area (TPSA) is 90.9 Å². The maximum atomic E-state index is 12.0. The van der Waals surface area contributed by atoms with Crippen LogP contribution in [0.25, 0.3) is 0 Å². The van der Waals surface area contributed by atoms with Crippen LogP contribution in [0.4, 0.5) is 5.69 Å². The monoisotopic (exact) mass is 314 g/mol. The molecule has 0 aromatic heterocycles. The third kappa shape index (κ3) is 3.78. The lowest BCUT2D eigenvalue weighted by atomic mass is 10.0. The molecule has 122 valence electrons. The summed E-state index contributed by atoms with van der Waals surface area (Å²) in [5.74, 6) is -0.243. The molecule has 1 heterocycles. The number of nitrogens with two attached hydrogens (primary N) is 1. The summed E-state index contributed by atoms with van der Waals surface area (Å²) in [6.07, 6.45) is 1.38. The minimum absolute atomic E-state index is 0.273. The molecule has 1 aromatic carbocycles. The van der Waals surface area contributed by atoms with Crippen LogP contribution in [0.5, 0.6) is 0 Å². The molecular weight excluding hydrogens is 292 g/mol. The van der Waals surface area contributed by atoms with Crippen LogP contribution in [0.1, 0.15) is 26.3 Å². The number of nitrogens with one attached hydrogen (secondary N) is 1. The van der Waals surface area contributed by atoms with E-state index in [2.05, 4.69) is 10.3 Å². The van der Waals surface area contributed by atoms with Gasteiger partial charge in [-0.25, -0.2) is 0 Å². The van der Waals surface area contributed by atoms with Crippen LogP contribution in [-0.2, 0) is 11.3 Å². The first-order chi connectivity index (χ1) is 10.9. The Morgan fingerprint density at radius 2 is 2.13 bits per heavy atom. The van der Waals surface area contributed by atoms with E-state index in [9.17, 15) is 10.0 Å².